The van der Waals surface area contributed by atoms with E-state index in [9.17, 15) is 8.42 Å². The Balaban J connectivity index is 0.00000363. The van der Waals surface area contributed by atoms with Crippen molar-refractivity contribution in [1.82, 2.24) is 20.5 Å². The predicted octanol–water partition coefficient (Wildman–Crippen LogP) is 2.93. The molecule has 1 aliphatic rings. The van der Waals surface area contributed by atoms with Crippen molar-refractivity contribution in [3.8, 4) is 11.3 Å². The number of likely N-dealkylation sites (tertiary alicyclic amines) is 1. The third-order valence-electron chi connectivity index (χ3n) is 5.36. The summed E-state index contributed by atoms with van der Waals surface area (Å²) in [4.78, 5) is 11.4. The number of hydrogen-bond donors (Lipinski definition) is 2. The van der Waals surface area contributed by atoms with E-state index in [2.05, 4.69) is 45.6 Å². The van der Waals surface area contributed by atoms with Gasteiger partial charge in [-0.3, -0.25) is 4.98 Å². The summed E-state index contributed by atoms with van der Waals surface area (Å²) in [5, 5.41) is 6.88. The summed E-state index contributed by atoms with van der Waals surface area (Å²) in [5.74, 6) is 1.05. The fourth-order valence-electron chi connectivity index (χ4n) is 3.64. The van der Waals surface area contributed by atoms with Crippen LogP contribution in [-0.2, 0) is 16.4 Å². The number of halogens is 1. The summed E-state index contributed by atoms with van der Waals surface area (Å²) in [6, 6.07) is 14.6. The van der Waals surface area contributed by atoms with Crippen molar-refractivity contribution in [2.75, 3.05) is 38.2 Å². The average Bonchev–Trinajstić information content (AvgIpc) is 2.77. The zero-order valence-electron chi connectivity index (χ0n) is 18.8. The van der Waals surface area contributed by atoms with Gasteiger partial charge in [-0.2, -0.15) is 0 Å². The third-order valence-corrected chi connectivity index (χ3v) is 6.28. The number of benzene rings is 1. The third kappa shape index (κ3) is 9.03. The molecule has 0 bridgehead atoms. The Morgan fingerprint density at radius 2 is 1.97 bits per heavy atom. The molecule has 0 aliphatic carbocycles. The maximum atomic E-state index is 11.4. The van der Waals surface area contributed by atoms with E-state index in [1.54, 1.807) is 6.20 Å². The molecule has 1 fully saturated rings. The second kappa shape index (κ2) is 13.1. The Kier molecular flexibility index (Phi) is 10.9. The molecule has 3 rings (SSSR count). The molecule has 0 saturated carbocycles. The summed E-state index contributed by atoms with van der Waals surface area (Å²) in [5.41, 5.74) is 3.18. The first kappa shape index (κ1) is 26.5. The van der Waals surface area contributed by atoms with Crippen LogP contribution in [0.25, 0.3) is 11.3 Å². The van der Waals surface area contributed by atoms with Crippen LogP contribution in [0.4, 0.5) is 0 Å². The number of pyridine rings is 1. The minimum atomic E-state index is -2.91. The molecular weight excluding hydrogens is 537 g/mol. The maximum Gasteiger partial charge on any atom is 0.191 e. The van der Waals surface area contributed by atoms with Crippen LogP contribution < -0.4 is 10.6 Å². The maximum absolute atomic E-state index is 11.4. The fourth-order valence-corrected chi connectivity index (χ4v) is 4.23. The van der Waals surface area contributed by atoms with Gasteiger partial charge in [0.25, 0.3) is 0 Å². The zero-order chi connectivity index (χ0) is 22.1. The summed E-state index contributed by atoms with van der Waals surface area (Å²) < 4.78 is 22.8. The largest absolute Gasteiger partial charge is 0.357 e. The first-order valence-corrected chi connectivity index (χ1v) is 12.9. The van der Waals surface area contributed by atoms with Crippen LogP contribution in [0.15, 0.2) is 53.7 Å². The minimum Gasteiger partial charge on any atom is -0.357 e. The van der Waals surface area contributed by atoms with E-state index in [0.29, 0.717) is 19.1 Å². The number of guanidine groups is 1. The first-order valence-electron chi connectivity index (χ1n) is 10.9. The van der Waals surface area contributed by atoms with Crippen molar-refractivity contribution >= 4 is 39.8 Å². The number of sulfone groups is 1. The van der Waals surface area contributed by atoms with Gasteiger partial charge in [0, 0.05) is 50.2 Å². The number of aromatic nitrogens is 1. The molecule has 2 aromatic rings. The van der Waals surface area contributed by atoms with Gasteiger partial charge in [0.1, 0.15) is 9.84 Å². The molecule has 1 aromatic carbocycles. The lowest BCUT2D eigenvalue weighted by molar-refractivity contribution is 0.216. The van der Waals surface area contributed by atoms with Crippen molar-refractivity contribution in [3.05, 3.63) is 54.2 Å². The molecule has 176 valence electrons. The van der Waals surface area contributed by atoms with E-state index in [1.165, 1.54) is 6.26 Å². The van der Waals surface area contributed by atoms with Crippen LogP contribution in [0.3, 0.4) is 0 Å². The van der Waals surface area contributed by atoms with Crippen LogP contribution in [0.2, 0.25) is 0 Å². The van der Waals surface area contributed by atoms with Gasteiger partial charge in [0.05, 0.1) is 18.0 Å². The highest BCUT2D eigenvalue weighted by molar-refractivity contribution is 14.0. The van der Waals surface area contributed by atoms with Crippen molar-refractivity contribution in [2.24, 2.45) is 4.99 Å². The van der Waals surface area contributed by atoms with E-state index in [4.69, 9.17) is 4.99 Å². The first-order chi connectivity index (χ1) is 14.9. The standard InChI is InChI=1S/C23H33N5O2S.HI/c1-3-24-23(27-21-10-13-28(14-11-21)15-16-31(2,29)30)26-18-19-7-6-8-20(17-19)22-9-4-5-12-25-22;/h4-9,12,17,21H,3,10-11,13-16,18H2,1-2H3,(H2,24,26,27);1H. The summed E-state index contributed by atoms with van der Waals surface area (Å²) in [6.45, 7) is 5.87. The summed E-state index contributed by atoms with van der Waals surface area (Å²) >= 11 is 0. The van der Waals surface area contributed by atoms with E-state index in [-0.39, 0.29) is 29.7 Å². The zero-order valence-corrected chi connectivity index (χ0v) is 22.0. The van der Waals surface area contributed by atoms with Gasteiger partial charge in [0.2, 0.25) is 0 Å². The van der Waals surface area contributed by atoms with E-state index in [1.807, 2.05) is 24.3 Å². The number of piperidine rings is 1. The lowest BCUT2D eigenvalue weighted by Crippen LogP contribution is -2.49. The van der Waals surface area contributed by atoms with Crippen LogP contribution in [0.1, 0.15) is 25.3 Å². The van der Waals surface area contributed by atoms with Gasteiger partial charge in [-0.15, -0.1) is 24.0 Å². The molecule has 1 saturated heterocycles. The molecule has 0 unspecified atom stereocenters. The van der Waals surface area contributed by atoms with Crippen molar-refractivity contribution in [3.63, 3.8) is 0 Å². The normalized spacial score (nSPS) is 15.8. The quantitative estimate of drug-likeness (QED) is 0.288. The SMILES string of the molecule is CCNC(=NCc1cccc(-c2ccccn2)c1)NC1CCN(CCS(C)(=O)=O)CC1.I. The molecule has 1 aromatic heterocycles. The molecule has 0 radical (unpaired) electrons. The molecule has 0 amide bonds. The van der Waals surface area contributed by atoms with Gasteiger partial charge in [0.15, 0.2) is 5.96 Å². The molecule has 0 spiro atoms. The summed E-state index contributed by atoms with van der Waals surface area (Å²) in [7, 11) is -2.91. The van der Waals surface area contributed by atoms with Gasteiger partial charge in [-0.1, -0.05) is 24.3 Å². The molecule has 0 atom stereocenters. The van der Waals surface area contributed by atoms with Crippen molar-refractivity contribution in [2.45, 2.75) is 32.4 Å². The lowest BCUT2D eigenvalue weighted by atomic mass is 10.1. The second-order valence-electron chi connectivity index (χ2n) is 8.00. The monoisotopic (exact) mass is 571 g/mol. The minimum absolute atomic E-state index is 0. The molecule has 9 heteroatoms. The molecule has 2 heterocycles. The van der Waals surface area contributed by atoms with Gasteiger partial charge in [-0.05, 0) is 43.5 Å². The Bertz CT molecular complexity index is 961. The number of rotatable bonds is 8. The molecule has 2 N–H and O–H groups in total. The van der Waals surface area contributed by atoms with Crippen LogP contribution in [0, 0.1) is 0 Å². The van der Waals surface area contributed by atoms with Gasteiger partial charge in [-0.25, -0.2) is 13.4 Å². The number of nitrogens with zero attached hydrogens (tertiary/aromatic N) is 3. The highest BCUT2D eigenvalue weighted by Gasteiger charge is 2.20. The lowest BCUT2D eigenvalue weighted by Gasteiger charge is -2.32. The molecule has 32 heavy (non-hydrogen) atoms. The predicted molar refractivity (Wildman–Crippen MR) is 142 cm³/mol. The van der Waals surface area contributed by atoms with Crippen LogP contribution in [0.5, 0.6) is 0 Å². The van der Waals surface area contributed by atoms with Crippen molar-refractivity contribution in [1.29, 1.82) is 0 Å². The highest BCUT2D eigenvalue weighted by Crippen LogP contribution is 2.18. The van der Waals surface area contributed by atoms with E-state index in [0.717, 1.165) is 55.3 Å². The topological polar surface area (TPSA) is 86.7 Å². The van der Waals surface area contributed by atoms with E-state index >= 15 is 0 Å². The Morgan fingerprint density at radius 1 is 1.19 bits per heavy atom. The number of aliphatic imine (C=N–C) groups is 1. The van der Waals surface area contributed by atoms with Crippen LogP contribution >= 0.6 is 24.0 Å². The molecular formula is C23H34IN5O2S. The fraction of sp³-hybridized carbons (Fsp3) is 0.478. The molecule has 7 nitrogen and oxygen atoms in total. The Morgan fingerprint density at radius 3 is 2.62 bits per heavy atom. The summed E-state index contributed by atoms with van der Waals surface area (Å²) in [6.07, 6.45) is 5.05. The van der Waals surface area contributed by atoms with E-state index < -0.39 is 9.84 Å². The second-order valence-corrected chi connectivity index (χ2v) is 10.3. The van der Waals surface area contributed by atoms with Gasteiger partial charge < -0.3 is 15.5 Å². The highest BCUT2D eigenvalue weighted by atomic mass is 127. The Labute approximate surface area is 209 Å². The average molecular weight is 572 g/mol. The number of hydrogen-bond acceptors (Lipinski definition) is 5. The van der Waals surface area contributed by atoms with Gasteiger partial charge >= 0.3 is 0 Å². The number of nitrogens with one attached hydrogen (secondary N) is 2. The van der Waals surface area contributed by atoms with Crippen LogP contribution in [-0.4, -0.2) is 68.5 Å². The Hall–Kier alpha value is -1.72. The molecule has 1 aliphatic heterocycles. The smallest absolute Gasteiger partial charge is 0.191 e. The van der Waals surface area contributed by atoms with Crippen molar-refractivity contribution < 1.29 is 8.42 Å².